The molecule has 6 heteroatoms. The summed E-state index contributed by atoms with van der Waals surface area (Å²) in [7, 11) is 0. The van der Waals surface area contributed by atoms with Gasteiger partial charge in [-0.1, -0.05) is 6.07 Å². The molecule has 98 valence electrons. The number of hydrogen-bond donors (Lipinski definition) is 1. The van der Waals surface area contributed by atoms with Gasteiger partial charge >= 0.3 is 0 Å². The van der Waals surface area contributed by atoms with Gasteiger partial charge in [0, 0.05) is 30.9 Å². The summed E-state index contributed by atoms with van der Waals surface area (Å²) >= 11 is 0. The molecule has 0 aliphatic heterocycles. The van der Waals surface area contributed by atoms with Crippen molar-refractivity contribution in [2.45, 2.75) is 25.4 Å². The Morgan fingerprint density at radius 2 is 2.26 bits per heavy atom. The lowest BCUT2D eigenvalue weighted by molar-refractivity contribution is -0.384. The predicted molar refractivity (Wildman–Crippen MR) is 70.1 cm³/mol. The normalized spacial score (nSPS) is 14.5. The molecule has 0 unspecified atom stereocenters. The first-order valence-electron chi connectivity index (χ1n) is 6.25. The van der Waals surface area contributed by atoms with Crippen LogP contribution in [0.25, 0.3) is 5.69 Å². The summed E-state index contributed by atoms with van der Waals surface area (Å²) in [4.78, 5) is 10.3. The summed E-state index contributed by atoms with van der Waals surface area (Å²) in [5.74, 6) is 0. The zero-order valence-corrected chi connectivity index (χ0v) is 10.3. The van der Waals surface area contributed by atoms with Crippen molar-refractivity contribution in [3.8, 4) is 5.69 Å². The predicted octanol–water partition coefficient (Wildman–Crippen LogP) is 2.03. The van der Waals surface area contributed by atoms with Gasteiger partial charge in [-0.15, -0.1) is 0 Å². The summed E-state index contributed by atoms with van der Waals surface area (Å²) in [6, 6.07) is 9.03. The Bertz CT molecular complexity index is 604. The van der Waals surface area contributed by atoms with Crippen LogP contribution in [0.4, 0.5) is 5.69 Å². The molecule has 2 aromatic rings. The Balaban J connectivity index is 1.77. The molecule has 0 radical (unpaired) electrons. The van der Waals surface area contributed by atoms with E-state index in [1.807, 2.05) is 12.3 Å². The molecule has 0 spiro atoms. The van der Waals surface area contributed by atoms with Crippen LogP contribution in [0.1, 0.15) is 18.5 Å². The van der Waals surface area contributed by atoms with E-state index in [1.165, 1.54) is 25.0 Å². The van der Waals surface area contributed by atoms with Crippen LogP contribution >= 0.6 is 0 Å². The molecule has 1 N–H and O–H groups in total. The number of nitrogens with one attached hydrogen (secondary N) is 1. The van der Waals surface area contributed by atoms with Crippen LogP contribution in [0, 0.1) is 10.1 Å². The maximum atomic E-state index is 10.7. The molecule has 0 amide bonds. The van der Waals surface area contributed by atoms with E-state index in [-0.39, 0.29) is 5.69 Å². The molecule has 0 bridgehead atoms. The van der Waals surface area contributed by atoms with E-state index in [0.29, 0.717) is 11.7 Å². The molecule has 1 saturated carbocycles. The van der Waals surface area contributed by atoms with Crippen molar-refractivity contribution >= 4 is 5.69 Å². The first kappa shape index (κ1) is 11.9. The van der Waals surface area contributed by atoms with E-state index in [4.69, 9.17) is 0 Å². The molecule has 3 rings (SSSR count). The van der Waals surface area contributed by atoms with Crippen molar-refractivity contribution in [2.75, 3.05) is 0 Å². The number of non-ortho nitro benzene ring substituents is 1. The SMILES string of the molecule is O=[N+]([O-])c1cccc(-n2ccc(CNC3CC3)n2)c1. The number of nitrogens with zero attached hydrogens (tertiary/aromatic N) is 3. The number of hydrogen-bond acceptors (Lipinski definition) is 4. The molecule has 1 aromatic heterocycles. The smallest absolute Gasteiger partial charge is 0.271 e. The van der Waals surface area contributed by atoms with E-state index < -0.39 is 4.92 Å². The molecular formula is C13H14N4O2. The molecule has 1 aromatic carbocycles. The van der Waals surface area contributed by atoms with E-state index >= 15 is 0 Å². The molecule has 0 atom stereocenters. The largest absolute Gasteiger partial charge is 0.308 e. The molecule has 19 heavy (non-hydrogen) atoms. The highest BCUT2D eigenvalue weighted by atomic mass is 16.6. The van der Waals surface area contributed by atoms with E-state index in [9.17, 15) is 10.1 Å². The Kier molecular flexibility index (Phi) is 3.00. The number of nitro groups is 1. The van der Waals surface area contributed by atoms with Crippen LogP contribution in [0.15, 0.2) is 36.5 Å². The lowest BCUT2D eigenvalue weighted by Crippen LogP contribution is -2.15. The fraction of sp³-hybridized carbons (Fsp3) is 0.308. The van der Waals surface area contributed by atoms with Gasteiger partial charge in [0.2, 0.25) is 0 Å². The average molecular weight is 258 g/mol. The van der Waals surface area contributed by atoms with Gasteiger partial charge in [-0.25, -0.2) is 4.68 Å². The highest BCUT2D eigenvalue weighted by Crippen LogP contribution is 2.19. The quantitative estimate of drug-likeness (QED) is 0.658. The lowest BCUT2D eigenvalue weighted by Gasteiger charge is -2.01. The second kappa shape index (κ2) is 4.81. The van der Waals surface area contributed by atoms with Gasteiger partial charge in [0.15, 0.2) is 0 Å². The second-order valence-corrected chi connectivity index (χ2v) is 4.68. The molecule has 1 aliphatic rings. The zero-order chi connectivity index (χ0) is 13.2. The maximum absolute atomic E-state index is 10.7. The highest BCUT2D eigenvalue weighted by Gasteiger charge is 2.20. The minimum atomic E-state index is -0.400. The molecule has 1 fully saturated rings. The zero-order valence-electron chi connectivity index (χ0n) is 10.3. The standard InChI is InChI=1S/C13H14N4O2/c18-17(19)13-3-1-2-12(8-13)16-7-6-11(15-16)9-14-10-4-5-10/h1-3,6-8,10,14H,4-5,9H2. The Labute approximate surface area is 110 Å². The minimum absolute atomic E-state index is 0.0747. The minimum Gasteiger partial charge on any atom is -0.308 e. The van der Waals surface area contributed by atoms with E-state index in [2.05, 4.69) is 10.4 Å². The van der Waals surface area contributed by atoms with Gasteiger partial charge in [-0.3, -0.25) is 10.1 Å². The summed E-state index contributed by atoms with van der Waals surface area (Å²) in [5, 5.41) is 18.5. The Morgan fingerprint density at radius 3 is 3.00 bits per heavy atom. The van der Waals surface area contributed by atoms with Crippen LogP contribution < -0.4 is 5.32 Å². The molecule has 1 heterocycles. The number of rotatable bonds is 5. The Morgan fingerprint density at radius 1 is 1.42 bits per heavy atom. The monoisotopic (exact) mass is 258 g/mol. The maximum Gasteiger partial charge on any atom is 0.271 e. The van der Waals surface area contributed by atoms with Crippen molar-refractivity contribution in [2.24, 2.45) is 0 Å². The van der Waals surface area contributed by atoms with Gasteiger partial charge in [0.05, 0.1) is 16.3 Å². The highest BCUT2D eigenvalue weighted by molar-refractivity contribution is 5.42. The van der Waals surface area contributed by atoms with Crippen molar-refractivity contribution in [3.63, 3.8) is 0 Å². The van der Waals surface area contributed by atoms with Crippen molar-refractivity contribution in [1.29, 1.82) is 0 Å². The van der Waals surface area contributed by atoms with Crippen LogP contribution in [-0.4, -0.2) is 20.7 Å². The average Bonchev–Trinajstić information content (AvgIpc) is 3.13. The van der Waals surface area contributed by atoms with E-state index in [1.54, 1.807) is 16.8 Å². The number of aromatic nitrogens is 2. The van der Waals surface area contributed by atoms with Crippen LogP contribution in [0.5, 0.6) is 0 Å². The third kappa shape index (κ3) is 2.79. The summed E-state index contributed by atoms with van der Waals surface area (Å²) in [6.07, 6.45) is 4.31. The number of nitro benzene ring substituents is 1. The van der Waals surface area contributed by atoms with Crippen LogP contribution in [-0.2, 0) is 6.54 Å². The summed E-state index contributed by atoms with van der Waals surface area (Å²) in [5.41, 5.74) is 1.72. The third-order valence-corrected chi connectivity index (χ3v) is 3.10. The molecule has 1 aliphatic carbocycles. The Hall–Kier alpha value is -2.21. The number of benzene rings is 1. The van der Waals surface area contributed by atoms with Crippen LogP contribution in [0.2, 0.25) is 0 Å². The van der Waals surface area contributed by atoms with Crippen molar-refractivity contribution in [1.82, 2.24) is 15.1 Å². The van der Waals surface area contributed by atoms with Crippen molar-refractivity contribution < 1.29 is 4.92 Å². The molecule has 0 saturated heterocycles. The summed E-state index contributed by atoms with van der Waals surface area (Å²) in [6.45, 7) is 0.743. The van der Waals surface area contributed by atoms with Crippen LogP contribution in [0.3, 0.4) is 0 Å². The second-order valence-electron chi connectivity index (χ2n) is 4.68. The fourth-order valence-electron chi connectivity index (χ4n) is 1.89. The third-order valence-electron chi connectivity index (χ3n) is 3.10. The first-order chi connectivity index (χ1) is 9.22. The van der Waals surface area contributed by atoms with E-state index in [0.717, 1.165) is 12.2 Å². The van der Waals surface area contributed by atoms with Gasteiger partial charge in [-0.2, -0.15) is 5.10 Å². The first-order valence-corrected chi connectivity index (χ1v) is 6.25. The molecular weight excluding hydrogens is 244 g/mol. The van der Waals surface area contributed by atoms with Gasteiger partial charge in [0.25, 0.3) is 5.69 Å². The topological polar surface area (TPSA) is 73.0 Å². The lowest BCUT2D eigenvalue weighted by atomic mass is 10.3. The molecule has 6 nitrogen and oxygen atoms in total. The fourth-order valence-corrected chi connectivity index (χ4v) is 1.89. The van der Waals surface area contributed by atoms with Gasteiger partial charge < -0.3 is 5.32 Å². The van der Waals surface area contributed by atoms with Gasteiger partial charge in [-0.05, 0) is 25.0 Å². The van der Waals surface area contributed by atoms with Crippen molar-refractivity contribution in [3.05, 3.63) is 52.3 Å². The summed E-state index contributed by atoms with van der Waals surface area (Å²) < 4.78 is 1.66. The van der Waals surface area contributed by atoms with Gasteiger partial charge in [0.1, 0.15) is 0 Å².